The molecule has 0 spiro atoms. The van der Waals surface area contributed by atoms with Crippen molar-refractivity contribution >= 4 is 39.6 Å². The minimum atomic E-state index is -1.05. The van der Waals surface area contributed by atoms with E-state index < -0.39 is 5.97 Å². The van der Waals surface area contributed by atoms with Crippen molar-refractivity contribution in [3.05, 3.63) is 33.6 Å². The van der Waals surface area contributed by atoms with Gasteiger partial charge in [0.1, 0.15) is 9.88 Å². The molecule has 16 heavy (non-hydrogen) atoms. The summed E-state index contributed by atoms with van der Waals surface area (Å²) >= 11 is 2.38. The van der Waals surface area contributed by atoms with E-state index in [0.29, 0.717) is 9.88 Å². The summed E-state index contributed by atoms with van der Waals surface area (Å²) in [4.78, 5) is 26.6. The lowest BCUT2D eigenvalue weighted by Crippen LogP contribution is -2.11. The minimum absolute atomic E-state index is 0.0999. The van der Waals surface area contributed by atoms with Gasteiger partial charge in [-0.2, -0.15) is 0 Å². The molecule has 0 atom stereocenters. The van der Waals surface area contributed by atoms with E-state index in [-0.39, 0.29) is 11.5 Å². The van der Waals surface area contributed by atoms with E-state index in [4.69, 9.17) is 5.11 Å². The van der Waals surface area contributed by atoms with Crippen molar-refractivity contribution in [1.29, 1.82) is 0 Å². The van der Waals surface area contributed by atoms with E-state index in [0.717, 1.165) is 0 Å². The van der Waals surface area contributed by atoms with Crippen LogP contribution in [0.4, 0.5) is 5.00 Å². The van der Waals surface area contributed by atoms with Crippen LogP contribution in [0.25, 0.3) is 0 Å². The highest BCUT2D eigenvalue weighted by atomic mass is 32.1. The van der Waals surface area contributed by atoms with Crippen LogP contribution >= 0.6 is 22.7 Å². The molecule has 5 nitrogen and oxygen atoms in total. The number of aromatic nitrogens is 1. The van der Waals surface area contributed by atoms with Crippen LogP contribution in [0, 0.1) is 0 Å². The molecular weight excluding hydrogens is 248 g/mol. The Morgan fingerprint density at radius 2 is 2.19 bits per heavy atom. The molecule has 0 aromatic carbocycles. The molecule has 0 aliphatic rings. The standard InChI is InChI=1S/C9H6N2O3S2/c12-7(6-3-10-4-16-6)11-8-5(9(13)14)1-2-15-8/h1-4H,(H,11,12)(H,13,14). The molecule has 2 heterocycles. The average molecular weight is 254 g/mol. The first-order valence-corrected chi connectivity index (χ1v) is 5.95. The molecular formula is C9H6N2O3S2. The van der Waals surface area contributed by atoms with Crippen LogP contribution < -0.4 is 5.32 Å². The second-order valence-corrected chi connectivity index (χ2v) is 4.59. The second-order valence-electron chi connectivity index (χ2n) is 2.79. The first-order chi connectivity index (χ1) is 7.68. The Labute approximate surface area is 98.4 Å². The summed E-state index contributed by atoms with van der Waals surface area (Å²) < 4.78 is 0. The van der Waals surface area contributed by atoms with Crippen molar-refractivity contribution in [1.82, 2.24) is 4.98 Å². The van der Waals surface area contributed by atoms with E-state index in [9.17, 15) is 9.59 Å². The van der Waals surface area contributed by atoms with Crippen molar-refractivity contribution in [3.63, 3.8) is 0 Å². The summed E-state index contributed by atoms with van der Waals surface area (Å²) in [5, 5.41) is 13.3. The zero-order valence-electron chi connectivity index (χ0n) is 7.84. The van der Waals surface area contributed by atoms with Crippen LogP contribution in [0.15, 0.2) is 23.2 Å². The van der Waals surface area contributed by atoms with Gasteiger partial charge in [0.25, 0.3) is 5.91 Å². The third kappa shape index (κ3) is 2.10. The van der Waals surface area contributed by atoms with Crippen molar-refractivity contribution in [2.24, 2.45) is 0 Å². The summed E-state index contributed by atoms with van der Waals surface area (Å²) in [6.07, 6.45) is 1.44. The zero-order valence-corrected chi connectivity index (χ0v) is 9.47. The molecule has 1 amide bonds. The number of carboxylic acids is 1. The van der Waals surface area contributed by atoms with Crippen molar-refractivity contribution < 1.29 is 14.7 Å². The smallest absolute Gasteiger partial charge is 0.338 e. The molecule has 7 heteroatoms. The third-order valence-corrected chi connectivity index (χ3v) is 3.38. The number of rotatable bonds is 3. The van der Waals surface area contributed by atoms with Gasteiger partial charge in [-0.05, 0) is 11.4 Å². The van der Waals surface area contributed by atoms with Crippen LogP contribution in [-0.2, 0) is 0 Å². The predicted molar refractivity (Wildman–Crippen MR) is 61.3 cm³/mol. The maximum Gasteiger partial charge on any atom is 0.338 e. The van der Waals surface area contributed by atoms with Crippen molar-refractivity contribution in [2.45, 2.75) is 0 Å². The number of thiophene rings is 1. The van der Waals surface area contributed by atoms with Crippen LogP contribution in [0.3, 0.4) is 0 Å². The summed E-state index contributed by atoms with van der Waals surface area (Å²) in [7, 11) is 0. The number of thiazole rings is 1. The molecule has 2 N–H and O–H groups in total. The normalized spacial score (nSPS) is 10.0. The fraction of sp³-hybridized carbons (Fsp3) is 0. The highest BCUT2D eigenvalue weighted by Gasteiger charge is 2.15. The van der Waals surface area contributed by atoms with Crippen LogP contribution in [0.5, 0.6) is 0 Å². The monoisotopic (exact) mass is 254 g/mol. The van der Waals surface area contributed by atoms with Crippen LogP contribution in [0.2, 0.25) is 0 Å². The summed E-state index contributed by atoms with van der Waals surface area (Å²) in [5.41, 5.74) is 1.64. The number of anilines is 1. The van der Waals surface area contributed by atoms with Gasteiger partial charge in [0.05, 0.1) is 17.3 Å². The Balaban J connectivity index is 2.18. The predicted octanol–water partition coefficient (Wildman–Crippen LogP) is 2.16. The Bertz CT molecular complexity index is 519. The number of nitrogens with one attached hydrogen (secondary N) is 1. The third-order valence-electron chi connectivity index (χ3n) is 1.78. The minimum Gasteiger partial charge on any atom is -0.478 e. The number of carbonyl (C=O) groups excluding carboxylic acids is 1. The Hall–Kier alpha value is -1.73. The Kier molecular flexibility index (Phi) is 2.97. The lowest BCUT2D eigenvalue weighted by molar-refractivity contribution is 0.0698. The highest BCUT2D eigenvalue weighted by Crippen LogP contribution is 2.24. The lowest BCUT2D eigenvalue weighted by atomic mass is 10.3. The van der Waals surface area contributed by atoms with Gasteiger partial charge in [-0.15, -0.1) is 22.7 Å². The average Bonchev–Trinajstić information content (AvgIpc) is 2.86. The van der Waals surface area contributed by atoms with E-state index >= 15 is 0 Å². The Morgan fingerprint density at radius 1 is 1.38 bits per heavy atom. The lowest BCUT2D eigenvalue weighted by Gasteiger charge is -2.01. The summed E-state index contributed by atoms with van der Waals surface area (Å²) in [5.74, 6) is -1.40. The molecule has 0 saturated carbocycles. The number of amides is 1. The first kappa shape index (κ1) is 10.8. The van der Waals surface area contributed by atoms with Gasteiger partial charge < -0.3 is 10.4 Å². The molecule has 2 aromatic heterocycles. The van der Waals surface area contributed by atoms with Gasteiger partial charge in [-0.25, -0.2) is 4.79 Å². The molecule has 0 fully saturated rings. The fourth-order valence-electron chi connectivity index (χ4n) is 1.07. The molecule has 0 bridgehead atoms. The maximum absolute atomic E-state index is 11.6. The number of carboxylic acid groups (broad SMARTS) is 1. The van der Waals surface area contributed by atoms with Gasteiger partial charge in [-0.1, -0.05) is 0 Å². The highest BCUT2D eigenvalue weighted by molar-refractivity contribution is 7.15. The number of nitrogens with zero attached hydrogens (tertiary/aromatic N) is 1. The number of hydrogen-bond donors (Lipinski definition) is 2. The van der Waals surface area contributed by atoms with E-state index in [1.165, 1.54) is 34.9 Å². The topological polar surface area (TPSA) is 79.3 Å². The summed E-state index contributed by atoms with van der Waals surface area (Å²) in [6, 6.07) is 1.45. The molecule has 82 valence electrons. The van der Waals surface area contributed by atoms with Crippen molar-refractivity contribution in [3.8, 4) is 0 Å². The van der Waals surface area contributed by atoms with E-state index in [1.807, 2.05) is 0 Å². The molecule has 0 aliphatic heterocycles. The first-order valence-electron chi connectivity index (χ1n) is 4.19. The molecule has 0 unspecified atom stereocenters. The fourth-order valence-corrected chi connectivity index (χ4v) is 2.36. The summed E-state index contributed by atoms with van der Waals surface area (Å²) in [6.45, 7) is 0. The van der Waals surface area contributed by atoms with Gasteiger partial charge >= 0.3 is 5.97 Å². The molecule has 2 aromatic rings. The van der Waals surface area contributed by atoms with Gasteiger partial charge in [0, 0.05) is 0 Å². The van der Waals surface area contributed by atoms with Gasteiger partial charge in [0.2, 0.25) is 0 Å². The van der Waals surface area contributed by atoms with Gasteiger partial charge in [0.15, 0.2) is 0 Å². The number of carbonyl (C=O) groups is 2. The number of aromatic carboxylic acids is 1. The molecule has 0 saturated heterocycles. The van der Waals surface area contributed by atoms with Crippen LogP contribution in [0.1, 0.15) is 20.0 Å². The SMILES string of the molecule is O=C(Nc1sccc1C(=O)O)c1cncs1. The maximum atomic E-state index is 11.6. The second kappa shape index (κ2) is 4.42. The molecule has 2 rings (SSSR count). The quantitative estimate of drug-likeness (QED) is 0.879. The largest absolute Gasteiger partial charge is 0.478 e. The van der Waals surface area contributed by atoms with Crippen molar-refractivity contribution in [2.75, 3.05) is 5.32 Å². The van der Waals surface area contributed by atoms with Crippen LogP contribution in [-0.4, -0.2) is 22.0 Å². The van der Waals surface area contributed by atoms with Gasteiger partial charge in [-0.3, -0.25) is 9.78 Å². The Morgan fingerprint density at radius 3 is 2.81 bits per heavy atom. The zero-order chi connectivity index (χ0) is 11.5. The number of hydrogen-bond acceptors (Lipinski definition) is 5. The molecule has 0 aliphatic carbocycles. The van der Waals surface area contributed by atoms with E-state index in [1.54, 1.807) is 10.9 Å². The molecule has 0 radical (unpaired) electrons. The van der Waals surface area contributed by atoms with E-state index in [2.05, 4.69) is 10.3 Å².